The Morgan fingerprint density at radius 1 is 0.976 bits per heavy atom. The van der Waals surface area contributed by atoms with Gasteiger partial charge < -0.3 is 29.0 Å². The van der Waals surface area contributed by atoms with Crippen LogP contribution < -0.4 is 20.9 Å². The second kappa shape index (κ2) is 11.8. The third-order valence-corrected chi connectivity index (χ3v) is 8.58. The van der Waals surface area contributed by atoms with Gasteiger partial charge in [-0.3, -0.25) is 24.5 Å². The molecule has 1 aromatic carbocycles. The van der Waals surface area contributed by atoms with E-state index in [-0.39, 0.29) is 30.3 Å². The molecule has 2 saturated heterocycles. The third kappa shape index (κ3) is 6.07. The summed E-state index contributed by atoms with van der Waals surface area (Å²) in [5, 5.41) is 5.92. The molecule has 4 heterocycles. The molecule has 2 aromatic rings. The van der Waals surface area contributed by atoms with Crippen molar-refractivity contribution in [1.82, 2.24) is 20.1 Å². The number of imide groups is 1. The van der Waals surface area contributed by atoms with Crippen molar-refractivity contribution in [2.24, 2.45) is 0 Å². The van der Waals surface area contributed by atoms with E-state index in [0.717, 1.165) is 24.1 Å². The van der Waals surface area contributed by atoms with Crippen LogP contribution in [0.4, 0.5) is 0 Å². The van der Waals surface area contributed by atoms with Gasteiger partial charge in [0.05, 0.1) is 33.0 Å². The van der Waals surface area contributed by atoms with Crippen LogP contribution in [0.15, 0.2) is 41.3 Å². The Morgan fingerprint density at radius 2 is 1.78 bits per heavy atom. The minimum absolute atomic E-state index is 0.00516. The van der Waals surface area contributed by atoms with Gasteiger partial charge in [0, 0.05) is 48.4 Å². The van der Waals surface area contributed by atoms with Gasteiger partial charge in [-0.2, -0.15) is 0 Å². The average molecular weight is 565 g/mol. The molecule has 1 spiro atoms. The average Bonchev–Trinajstić information content (AvgIpc) is 3.46. The molecule has 3 fully saturated rings. The Bertz CT molecular complexity index is 1390. The fourth-order valence-corrected chi connectivity index (χ4v) is 6.07. The van der Waals surface area contributed by atoms with Gasteiger partial charge in [0.25, 0.3) is 11.5 Å². The number of hydrogen-bond donors (Lipinski definition) is 2. The smallest absolute Gasteiger partial charge is 0.255 e. The van der Waals surface area contributed by atoms with Crippen LogP contribution in [0.2, 0.25) is 0 Å². The summed E-state index contributed by atoms with van der Waals surface area (Å²) in [6, 6.07) is 8.44. The highest BCUT2D eigenvalue weighted by Gasteiger charge is 2.48. The van der Waals surface area contributed by atoms with Gasteiger partial charge in [0.15, 0.2) is 0 Å². The fourth-order valence-electron chi connectivity index (χ4n) is 6.07. The van der Waals surface area contributed by atoms with E-state index in [0.29, 0.717) is 68.8 Å². The van der Waals surface area contributed by atoms with Crippen molar-refractivity contribution in [2.45, 2.75) is 62.7 Å². The number of pyridine rings is 1. The third-order valence-electron chi connectivity index (χ3n) is 8.58. The first-order valence-electron chi connectivity index (χ1n) is 14.4. The molecule has 1 saturated carbocycles. The maximum absolute atomic E-state index is 12.9. The summed E-state index contributed by atoms with van der Waals surface area (Å²) in [7, 11) is 0. The largest absolute Gasteiger partial charge is 0.491 e. The molecule has 3 aliphatic heterocycles. The molecule has 2 N–H and O–H groups in total. The van der Waals surface area contributed by atoms with Crippen LogP contribution in [0.1, 0.15) is 59.5 Å². The predicted molar refractivity (Wildman–Crippen MR) is 148 cm³/mol. The zero-order valence-corrected chi connectivity index (χ0v) is 23.1. The molecular formula is C30H36N4O7. The molecule has 1 aliphatic carbocycles. The van der Waals surface area contributed by atoms with E-state index in [4.69, 9.17) is 14.2 Å². The summed E-state index contributed by atoms with van der Waals surface area (Å²) < 4.78 is 18.8. The van der Waals surface area contributed by atoms with E-state index in [9.17, 15) is 19.2 Å². The summed E-state index contributed by atoms with van der Waals surface area (Å²) in [4.78, 5) is 50.7. The molecule has 0 radical (unpaired) electrons. The van der Waals surface area contributed by atoms with Crippen LogP contribution >= 0.6 is 0 Å². The number of hydrogen-bond acceptors (Lipinski definition) is 8. The van der Waals surface area contributed by atoms with Crippen LogP contribution in [0, 0.1) is 0 Å². The van der Waals surface area contributed by atoms with Gasteiger partial charge in [0.1, 0.15) is 18.4 Å². The van der Waals surface area contributed by atoms with Crippen molar-refractivity contribution >= 4 is 17.7 Å². The van der Waals surface area contributed by atoms with E-state index >= 15 is 0 Å². The minimum atomic E-state index is -0.661. The summed E-state index contributed by atoms with van der Waals surface area (Å²) in [6.07, 6.45) is 6.02. The number of fused-ring (bicyclic) bond motifs is 1. The molecule has 11 nitrogen and oxygen atoms in total. The molecule has 4 aliphatic rings. The van der Waals surface area contributed by atoms with Gasteiger partial charge in [-0.25, -0.2) is 0 Å². The molecule has 218 valence electrons. The number of nitrogens with zero attached hydrogens (tertiary/aromatic N) is 2. The van der Waals surface area contributed by atoms with E-state index in [1.165, 1.54) is 17.7 Å². The summed E-state index contributed by atoms with van der Waals surface area (Å²) in [5.74, 6) is 0.0275. The highest BCUT2D eigenvalue weighted by Crippen LogP contribution is 2.47. The Kier molecular flexibility index (Phi) is 7.92. The normalized spacial score (nSPS) is 22.7. The molecule has 2 atom stereocenters. The van der Waals surface area contributed by atoms with Crippen LogP contribution in [0.3, 0.4) is 0 Å². The van der Waals surface area contributed by atoms with Gasteiger partial charge in [-0.1, -0.05) is 6.07 Å². The highest BCUT2D eigenvalue weighted by atomic mass is 16.5. The first-order valence-corrected chi connectivity index (χ1v) is 14.4. The van der Waals surface area contributed by atoms with E-state index in [1.54, 1.807) is 28.8 Å². The lowest BCUT2D eigenvalue weighted by atomic mass is 9.96. The van der Waals surface area contributed by atoms with Crippen LogP contribution in [0.5, 0.6) is 5.75 Å². The SMILES string of the molecule is O=C1CCC(N2Cc3c(OCCOCCOCCn4ccc([C@@H]5CNC6(CC6)C5)cc4=O)cccc3C2=O)C(=O)N1. The zero-order chi connectivity index (χ0) is 28.4. The summed E-state index contributed by atoms with van der Waals surface area (Å²) in [6.45, 7) is 3.55. The molecule has 0 bridgehead atoms. The number of aromatic nitrogens is 1. The second-order valence-corrected chi connectivity index (χ2v) is 11.3. The Morgan fingerprint density at radius 3 is 2.54 bits per heavy atom. The van der Waals surface area contributed by atoms with Gasteiger partial charge in [0.2, 0.25) is 11.8 Å². The highest BCUT2D eigenvalue weighted by molar-refractivity contribution is 6.05. The van der Waals surface area contributed by atoms with Crippen molar-refractivity contribution in [3.8, 4) is 5.75 Å². The monoisotopic (exact) mass is 564 g/mol. The number of piperidine rings is 1. The topological polar surface area (TPSA) is 128 Å². The maximum Gasteiger partial charge on any atom is 0.255 e. The molecule has 1 aromatic heterocycles. The first-order chi connectivity index (χ1) is 19.9. The zero-order valence-electron chi connectivity index (χ0n) is 23.1. The van der Waals surface area contributed by atoms with Crippen molar-refractivity contribution in [1.29, 1.82) is 0 Å². The number of benzene rings is 1. The lowest BCUT2D eigenvalue weighted by Gasteiger charge is -2.29. The molecular weight excluding hydrogens is 528 g/mol. The van der Waals surface area contributed by atoms with Crippen molar-refractivity contribution in [3.63, 3.8) is 0 Å². The maximum atomic E-state index is 12.9. The molecule has 41 heavy (non-hydrogen) atoms. The lowest BCUT2D eigenvalue weighted by Crippen LogP contribution is -2.52. The van der Waals surface area contributed by atoms with E-state index in [2.05, 4.69) is 16.7 Å². The number of carbonyl (C=O) groups is 3. The molecule has 1 unspecified atom stereocenters. The van der Waals surface area contributed by atoms with Crippen LogP contribution in [-0.2, 0) is 32.2 Å². The van der Waals surface area contributed by atoms with Crippen LogP contribution in [0.25, 0.3) is 0 Å². The van der Waals surface area contributed by atoms with E-state index < -0.39 is 11.9 Å². The number of nitrogens with one attached hydrogen (secondary N) is 2. The fraction of sp³-hybridized carbons (Fsp3) is 0.533. The predicted octanol–water partition coefficient (Wildman–Crippen LogP) is 1.33. The molecule has 3 amide bonds. The Hall–Kier alpha value is -3.54. The Labute approximate surface area is 238 Å². The molecule has 11 heteroatoms. The van der Waals surface area contributed by atoms with Crippen LogP contribution in [-0.4, -0.2) is 78.3 Å². The number of amides is 3. The van der Waals surface area contributed by atoms with Gasteiger partial charge in [-0.05, 0) is 55.4 Å². The van der Waals surface area contributed by atoms with Crippen molar-refractivity contribution < 1.29 is 28.6 Å². The minimum Gasteiger partial charge on any atom is -0.491 e. The first kappa shape index (κ1) is 27.6. The number of carbonyl (C=O) groups excluding carboxylic acids is 3. The molecule has 6 rings (SSSR count). The number of ether oxygens (including phenoxy) is 3. The Balaban J connectivity index is 0.879. The van der Waals surface area contributed by atoms with Crippen molar-refractivity contribution in [3.05, 3.63) is 63.6 Å². The summed E-state index contributed by atoms with van der Waals surface area (Å²) >= 11 is 0. The van der Waals surface area contributed by atoms with Crippen molar-refractivity contribution in [2.75, 3.05) is 39.6 Å². The van der Waals surface area contributed by atoms with Gasteiger partial charge in [-0.15, -0.1) is 0 Å². The standard InChI is InChI=1S/C30H36N4O7/c35-26-5-4-24(28(37)32-26)34-19-23-22(29(34)38)2-1-3-25(23)41-15-14-40-13-12-39-11-10-33-9-6-20(16-27(33)36)21-17-30(7-8-30)31-18-21/h1-3,6,9,16,21,24,31H,4-5,7-8,10-15,17-19H2,(H,32,35,37)/t21-,24?/m0/s1. The summed E-state index contributed by atoms with van der Waals surface area (Å²) in [5.41, 5.74) is 2.73. The quantitative estimate of drug-likeness (QED) is 0.292. The second-order valence-electron chi connectivity index (χ2n) is 11.3. The van der Waals surface area contributed by atoms with Gasteiger partial charge >= 0.3 is 0 Å². The lowest BCUT2D eigenvalue weighted by molar-refractivity contribution is -0.136. The van der Waals surface area contributed by atoms with E-state index in [1.807, 2.05) is 6.20 Å². The number of rotatable bonds is 12.